The van der Waals surface area contributed by atoms with Crippen LogP contribution in [0.1, 0.15) is 27.7 Å². The molecule has 66 valence electrons. The molecule has 0 atom stereocenters. The van der Waals surface area contributed by atoms with Crippen molar-refractivity contribution in [2.45, 2.75) is 33.7 Å². The van der Waals surface area contributed by atoms with Crippen LogP contribution in [0.25, 0.3) is 0 Å². The molecular weight excluding hydrogens is 138 g/mol. The van der Waals surface area contributed by atoms with Crippen LogP contribution >= 0.6 is 0 Å². The minimum absolute atomic E-state index is 0.312. The van der Waals surface area contributed by atoms with Gasteiger partial charge < -0.3 is 4.90 Å². The van der Waals surface area contributed by atoms with E-state index in [-0.39, 0.29) is 0 Å². The largest absolute Gasteiger partial charge is 0.327 e. The van der Waals surface area contributed by atoms with E-state index in [1.54, 1.807) is 18.3 Å². The number of rotatable bonds is 3. The van der Waals surface area contributed by atoms with Crippen LogP contribution in [0.4, 0.5) is 0 Å². The Morgan fingerprint density at radius 3 is 2.09 bits per heavy atom. The minimum atomic E-state index is 0.312. The Labute approximate surface area is 69.6 Å². The molecule has 0 bridgehead atoms. The predicted octanol–water partition coefficient (Wildman–Crippen LogP) is 1.99. The average Bonchev–Trinajstić information content (AvgIpc) is 2.04. The molecule has 0 radical (unpaired) electrons. The molecule has 0 aliphatic rings. The first kappa shape index (κ1) is 12.8. The van der Waals surface area contributed by atoms with E-state index in [0.717, 1.165) is 0 Å². The van der Waals surface area contributed by atoms with Crippen molar-refractivity contribution in [1.82, 2.24) is 4.90 Å². The van der Waals surface area contributed by atoms with E-state index in [1.807, 2.05) is 27.7 Å². The summed E-state index contributed by atoms with van der Waals surface area (Å²) in [5.74, 6) is 0. The maximum absolute atomic E-state index is 6.76. The zero-order valence-corrected chi connectivity index (χ0v) is 8.13. The molecule has 0 saturated heterocycles. The predicted molar refractivity (Wildman–Crippen MR) is 51.5 cm³/mol. The lowest BCUT2D eigenvalue weighted by atomic mass is 10.4. The SMILES string of the molecule is CC.CC(C)N=CN(C)C=N. The van der Waals surface area contributed by atoms with E-state index < -0.39 is 0 Å². The van der Waals surface area contributed by atoms with Crippen molar-refractivity contribution in [2.24, 2.45) is 4.99 Å². The lowest BCUT2D eigenvalue weighted by Crippen LogP contribution is -2.13. The van der Waals surface area contributed by atoms with E-state index in [2.05, 4.69) is 4.99 Å². The zero-order valence-electron chi connectivity index (χ0n) is 8.13. The summed E-state index contributed by atoms with van der Waals surface area (Å²) in [6.45, 7) is 7.99. The van der Waals surface area contributed by atoms with Crippen LogP contribution < -0.4 is 0 Å². The number of nitrogens with zero attached hydrogens (tertiary/aromatic N) is 2. The Hall–Kier alpha value is -0.860. The van der Waals surface area contributed by atoms with Gasteiger partial charge in [-0.1, -0.05) is 13.8 Å². The Balaban J connectivity index is 0. The highest BCUT2D eigenvalue weighted by Gasteiger charge is 1.84. The van der Waals surface area contributed by atoms with Gasteiger partial charge in [-0.2, -0.15) is 0 Å². The standard InChI is InChI=1S/C6H13N3.C2H6/c1-6(2)8-5-9(3)4-7;1-2/h4-7H,1-3H3;1-2H3. The number of nitrogens with one attached hydrogen (secondary N) is 1. The summed E-state index contributed by atoms with van der Waals surface area (Å²) in [5.41, 5.74) is 0. The molecule has 0 unspecified atom stereocenters. The van der Waals surface area contributed by atoms with Gasteiger partial charge >= 0.3 is 0 Å². The Morgan fingerprint density at radius 2 is 1.82 bits per heavy atom. The van der Waals surface area contributed by atoms with E-state index >= 15 is 0 Å². The van der Waals surface area contributed by atoms with Crippen LogP contribution in [0.15, 0.2) is 4.99 Å². The van der Waals surface area contributed by atoms with Gasteiger partial charge in [-0.3, -0.25) is 10.4 Å². The molecule has 0 aromatic carbocycles. The van der Waals surface area contributed by atoms with Gasteiger partial charge in [0.1, 0.15) is 0 Å². The van der Waals surface area contributed by atoms with Crippen LogP contribution in [0.2, 0.25) is 0 Å². The molecule has 0 aliphatic carbocycles. The fourth-order valence-corrected chi connectivity index (χ4v) is 0.272. The molecule has 3 heteroatoms. The Bertz CT molecular complexity index is 108. The van der Waals surface area contributed by atoms with Crippen molar-refractivity contribution >= 4 is 12.7 Å². The number of hydrogen-bond donors (Lipinski definition) is 1. The van der Waals surface area contributed by atoms with Gasteiger partial charge in [0.25, 0.3) is 0 Å². The van der Waals surface area contributed by atoms with E-state index in [1.165, 1.54) is 6.34 Å². The minimum Gasteiger partial charge on any atom is -0.327 e. The molecule has 0 fully saturated rings. The monoisotopic (exact) mass is 157 g/mol. The summed E-state index contributed by atoms with van der Waals surface area (Å²) in [7, 11) is 1.78. The number of hydrogen-bond acceptors (Lipinski definition) is 2. The molecule has 3 nitrogen and oxygen atoms in total. The quantitative estimate of drug-likeness (QED) is 0.494. The number of aliphatic imine (C=N–C) groups is 1. The zero-order chi connectivity index (χ0) is 9.28. The molecule has 11 heavy (non-hydrogen) atoms. The summed E-state index contributed by atoms with van der Waals surface area (Å²) in [5, 5.41) is 6.76. The molecule has 0 aromatic heterocycles. The highest BCUT2D eigenvalue weighted by molar-refractivity contribution is 5.72. The molecule has 0 saturated carbocycles. The molecule has 0 heterocycles. The second kappa shape index (κ2) is 9.14. The second-order valence-electron chi connectivity index (χ2n) is 2.15. The van der Waals surface area contributed by atoms with Gasteiger partial charge in [0.2, 0.25) is 0 Å². The van der Waals surface area contributed by atoms with Crippen molar-refractivity contribution < 1.29 is 0 Å². The summed E-state index contributed by atoms with van der Waals surface area (Å²) < 4.78 is 0. The van der Waals surface area contributed by atoms with Crippen LogP contribution in [-0.4, -0.2) is 30.7 Å². The summed E-state index contributed by atoms with van der Waals surface area (Å²) >= 11 is 0. The topological polar surface area (TPSA) is 39.5 Å². The first-order valence-corrected chi connectivity index (χ1v) is 3.92. The normalized spacial score (nSPS) is 9.27. The maximum atomic E-state index is 6.76. The average molecular weight is 157 g/mol. The van der Waals surface area contributed by atoms with Gasteiger partial charge in [-0.15, -0.1) is 0 Å². The molecule has 0 spiro atoms. The van der Waals surface area contributed by atoms with Gasteiger partial charge in [0, 0.05) is 13.1 Å². The van der Waals surface area contributed by atoms with Gasteiger partial charge in [0.05, 0.1) is 12.7 Å². The van der Waals surface area contributed by atoms with Crippen molar-refractivity contribution in [2.75, 3.05) is 7.05 Å². The Kier molecular flexibility index (Phi) is 10.6. The van der Waals surface area contributed by atoms with Crippen LogP contribution in [0.5, 0.6) is 0 Å². The fourth-order valence-electron chi connectivity index (χ4n) is 0.272. The van der Waals surface area contributed by atoms with Gasteiger partial charge in [-0.05, 0) is 13.8 Å². The maximum Gasteiger partial charge on any atom is 0.0901 e. The molecule has 0 amide bonds. The van der Waals surface area contributed by atoms with Crippen LogP contribution in [0, 0.1) is 5.41 Å². The fraction of sp³-hybridized carbons (Fsp3) is 0.750. The molecular formula is C8H19N3. The smallest absolute Gasteiger partial charge is 0.0901 e. The van der Waals surface area contributed by atoms with E-state index in [0.29, 0.717) is 6.04 Å². The van der Waals surface area contributed by atoms with Crippen molar-refractivity contribution in [3.05, 3.63) is 0 Å². The Morgan fingerprint density at radius 1 is 1.36 bits per heavy atom. The summed E-state index contributed by atoms with van der Waals surface area (Å²) in [4.78, 5) is 5.64. The van der Waals surface area contributed by atoms with E-state index in [4.69, 9.17) is 5.41 Å². The third-order valence-corrected chi connectivity index (χ3v) is 0.751. The third kappa shape index (κ3) is 12.4. The third-order valence-electron chi connectivity index (χ3n) is 0.751. The summed E-state index contributed by atoms with van der Waals surface area (Å²) in [6.07, 6.45) is 2.85. The first-order valence-electron chi connectivity index (χ1n) is 3.92. The molecule has 1 N–H and O–H groups in total. The van der Waals surface area contributed by atoms with Crippen LogP contribution in [0.3, 0.4) is 0 Å². The highest BCUT2D eigenvalue weighted by Crippen LogP contribution is 1.82. The lowest BCUT2D eigenvalue weighted by Gasteiger charge is -2.03. The molecule has 0 aliphatic heterocycles. The van der Waals surface area contributed by atoms with Crippen molar-refractivity contribution in [1.29, 1.82) is 5.41 Å². The van der Waals surface area contributed by atoms with Gasteiger partial charge in [0.15, 0.2) is 0 Å². The van der Waals surface area contributed by atoms with Crippen molar-refractivity contribution in [3.8, 4) is 0 Å². The first-order chi connectivity index (χ1) is 5.16. The lowest BCUT2D eigenvalue weighted by molar-refractivity contribution is 0.758. The van der Waals surface area contributed by atoms with Gasteiger partial charge in [-0.25, -0.2) is 0 Å². The summed E-state index contributed by atoms with van der Waals surface area (Å²) in [6, 6.07) is 0.312. The highest BCUT2D eigenvalue weighted by atomic mass is 15.1. The van der Waals surface area contributed by atoms with Crippen LogP contribution in [-0.2, 0) is 0 Å². The second-order valence-corrected chi connectivity index (χ2v) is 2.15. The molecule has 0 rings (SSSR count). The molecule has 0 aromatic rings. The van der Waals surface area contributed by atoms with E-state index in [9.17, 15) is 0 Å². The van der Waals surface area contributed by atoms with Crippen molar-refractivity contribution in [3.63, 3.8) is 0 Å².